The molecule has 3 aromatic rings. The highest BCUT2D eigenvalue weighted by atomic mass is 32.2. The van der Waals surface area contributed by atoms with Crippen molar-refractivity contribution in [3.63, 3.8) is 0 Å². The van der Waals surface area contributed by atoms with Gasteiger partial charge in [-0.2, -0.15) is 5.10 Å². The minimum Gasteiger partial charge on any atom is -0.497 e. The SMILES string of the molecule is COc1ccc(OC)c(/C=N\NC(=O)c2ccc(CN(c3ccccc3)S(C)(=O)=O)cc2)c1. The standard InChI is InChI=1S/C24H25N3O5S/c1-31-22-13-14-23(32-2)20(15-22)16-25-26-24(28)19-11-9-18(10-12-19)17-27(33(3,29)30)21-7-5-4-6-8-21/h4-16H,17H2,1-3H3,(H,26,28)/b25-16-. The molecule has 0 aliphatic heterocycles. The first-order valence-corrected chi connectivity index (χ1v) is 11.8. The highest BCUT2D eigenvalue weighted by molar-refractivity contribution is 7.92. The van der Waals surface area contributed by atoms with E-state index in [1.807, 2.05) is 6.07 Å². The van der Waals surface area contributed by atoms with Crippen LogP contribution in [0.3, 0.4) is 0 Å². The van der Waals surface area contributed by atoms with Gasteiger partial charge in [-0.1, -0.05) is 30.3 Å². The van der Waals surface area contributed by atoms with Crippen LogP contribution in [0.5, 0.6) is 11.5 Å². The highest BCUT2D eigenvalue weighted by Gasteiger charge is 2.17. The number of benzene rings is 3. The number of sulfonamides is 1. The molecule has 0 aliphatic rings. The highest BCUT2D eigenvalue weighted by Crippen LogP contribution is 2.22. The summed E-state index contributed by atoms with van der Waals surface area (Å²) in [6.45, 7) is 0.151. The van der Waals surface area contributed by atoms with Gasteiger partial charge < -0.3 is 9.47 Å². The van der Waals surface area contributed by atoms with Gasteiger partial charge in [-0.25, -0.2) is 13.8 Å². The number of nitrogens with zero attached hydrogens (tertiary/aromatic N) is 2. The Morgan fingerprint density at radius 2 is 1.70 bits per heavy atom. The van der Waals surface area contributed by atoms with Crippen LogP contribution in [0.25, 0.3) is 0 Å². The molecule has 0 saturated heterocycles. The monoisotopic (exact) mass is 467 g/mol. The molecular formula is C24H25N3O5S. The molecule has 0 radical (unpaired) electrons. The van der Waals surface area contributed by atoms with Crippen LogP contribution in [0.2, 0.25) is 0 Å². The Morgan fingerprint density at radius 1 is 1.00 bits per heavy atom. The van der Waals surface area contributed by atoms with Gasteiger partial charge in [-0.05, 0) is 48.0 Å². The zero-order valence-electron chi connectivity index (χ0n) is 18.6. The number of nitrogens with one attached hydrogen (secondary N) is 1. The molecule has 3 aromatic carbocycles. The number of amides is 1. The average molecular weight is 468 g/mol. The van der Waals surface area contributed by atoms with E-state index in [1.165, 1.54) is 10.5 Å². The second-order valence-corrected chi connectivity index (χ2v) is 9.02. The predicted octanol–water partition coefficient (Wildman–Crippen LogP) is 3.43. The Hall–Kier alpha value is -3.85. The van der Waals surface area contributed by atoms with Gasteiger partial charge in [-0.3, -0.25) is 9.10 Å². The molecular weight excluding hydrogens is 442 g/mol. The number of hydrazone groups is 1. The predicted molar refractivity (Wildman–Crippen MR) is 129 cm³/mol. The lowest BCUT2D eigenvalue weighted by Gasteiger charge is -2.22. The first-order valence-electron chi connectivity index (χ1n) is 9.99. The van der Waals surface area contributed by atoms with Gasteiger partial charge in [0.2, 0.25) is 10.0 Å². The summed E-state index contributed by atoms with van der Waals surface area (Å²) in [4.78, 5) is 12.4. The molecule has 1 N–H and O–H groups in total. The topological polar surface area (TPSA) is 97.3 Å². The molecule has 0 heterocycles. The van der Waals surface area contributed by atoms with Crippen LogP contribution in [0, 0.1) is 0 Å². The van der Waals surface area contributed by atoms with Gasteiger partial charge in [0.05, 0.1) is 38.9 Å². The third-order valence-electron chi connectivity index (χ3n) is 4.79. The summed E-state index contributed by atoms with van der Waals surface area (Å²) in [6.07, 6.45) is 2.63. The van der Waals surface area contributed by atoms with E-state index in [1.54, 1.807) is 80.9 Å². The second-order valence-electron chi connectivity index (χ2n) is 7.11. The summed E-state index contributed by atoms with van der Waals surface area (Å²) in [7, 11) is -0.374. The number of carbonyl (C=O) groups is 1. The number of rotatable bonds is 9. The van der Waals surface area contributed by atoms with Crippen molar-refractivity contribution in [2.45, 2.75) is 6.54 Å². The Morgan fingerprint density at radius 3 is 2.30 bits per heavy atom. The number of para-hydroxylation sites is 1. The molecule has 9 heteroatoms. The van der Waals surface area contributed by atoms with E-state index in [4.69, 9.17) is 9.47 Å². The molecule has 0 unspecified atom stereocenters. The van der Waals surface area contributed by atoms with Crippen LogP contribution in [0.4, 0.5) is 5.69 Å². The van der Waals surface area contributed by atoms with Crippen molar-refractivity contribution >= 4 is 27.8 Å². The van der Waals surface area contributed by atoms with E-state index >= 15 is 0 Å². The number of carbonyl (C=O) groups excluding carboxylic acids is 1. The second kappa shape index (κ2) is 10.6. The van der Waals surface area contributed by atoms with Gasteiger partial charge in [0.25, 0.3) is 5.91 Å². The first-order chi connectivity index (χ1) is 15.8. The maximum atomic E-state index is 12.4. The van der Waals surface area contributed by atoms with E-state index in [9.17, 15) is 13.2 Å². The van der Waals surface area contributed by atoms with Crippen LogP contribution in [0.15, 0.2) is 77.9 Å². The van der Waals surface area contributed by atoms with E-state index in [0.29, 0.717) is 28.3 Å². The van der Waals surface area contributed by atoms with Crippen LogP contribution >= 0.6 is 0 Å². The fourth-order valence-electron chi connectivity index (χ4n) is 3.09. The molecule has 0 fully saturated rings. The van der Waals surface area contributed by atoms with Crippen molar-refractivity contribution in [1.82, 2.24) is 5.43 Å². The van der Waals surface area contributed by atoms with Crippen molar-refractivity contribution in [1.29, 1.82) is 0 Å². The Kier molecular flexibility index (Phi) is 7.68. The molecule has 8 nitrogen and oxygen atoms in total. The van der Waals surface area contributed by atoms with Crippen LogP contribution in [-0.4, -0.2) is 41.0 Å². The largest absolute Gasteiger partial charge is 0.497 e. The van der Waals surface area contributed by atoms with Crippen molar-refractivity contribution < 1.29 is 22.7 Å². The first kappa shape index (κ1) is 23.8. The number of hydrogen-bond acceptors (Lipinski definition) is 6. The Bertz CT molecular complexity index is 1230. The average Bonchev–Trinajstić information content (AvgIpc) is 2.82. The summed E-state index contributed by atoms with van der Waals surface area (Å²) < 4.78 is 36.3. The van der Waals surface area contributed by atoms with Crippen LogP contribution in [0.1, 0.15) is 21.5 Å². The van der Waals surface area contributed by atoms with Crippen molar-refractivity contribution in [2.75, 3.05) is 24.8 Å². The zero-order chi connectivity index (χ0) is 23.8. The van der Waals surface area contributed by atoms with E-state index in [0.717, 1.165) is 11.8 Å². The van der Waals surface area contributed by atoms with Gasteiger partial charge in [0.15, 0.2) is 0 Å². The van der Waals surface area contributed by atoms with E-state index < -0.39 is 15.9 Å². The normalized spacial score (nSPS) is 11.2. The molecule has 1 amide bonds. The third-order valence-corrected chi connectivity index (χ3v) is 5.93. The lowest BCUT2D eigenvalue weighted by Crippen LogP contribution is -2.29. The van der Waals surface area contributed by atoms with Crippen molar-refractivity contribution in [3.05, 3.63) is 89.5 Å². The summed E-state index contributed by atoms with van der Waals surface area (Å²) in [5.74, 6) is 0.826. The molecule has 33 heavy (non-hydrogen) atoms. The van der Waals surface area contributed by atoms with E-state index in [-0.39, 0.29) is 6.54 Å². The summed E-state index contributed by atoms with van der Waals surface area (Å²) >= 11 is 0. The van der Waals surface area contributed by atoms with Gasteiger partial charge in [-0.15, -0.1) is 0 Å². The molecule has 0 bridgehead atoms. The molecule has 0 spiro atoms. The molecule has 0 atom stereocenters. The van der Waals surface area contributed by atoms with Crippen LogP contribution in [-0.2, 0) is 16.6 Å². The lowest BCUT2D eigenvalue weighted by atomic mass is 10.1. The number of hydrogen-bond donors (Lipinski definition) is 1. The molecule has 3 rings (SSSR count). The number of anilines is 1. The maximum absolute atomic E-state index is 12.4. The van der Waals surface area contributed by atoms with Crippen LogP contribution < -0.4 is 19.2 Å². The molecule has 0 saturated carbocycles. The Balaban J connectivity index is 1.68. The summed E-state index contributed by atoms with van der Waals surface area (Å²) in [5.41, 5.74) is 4.82. The fraction of sp³-hybridized carbons (Fsp3) is 0.167. The van der Waals surface area contributed by atoms with Crippen molar-refractivity contribution in [3.8, 4) is 11.5 Å². The van der Waals surface area contributed by atoms with E-state index in [2.05, 4.69) is 10.5 Å². The smallest absolute Gasteiger partial charge is 0.271 e. The lowest BCUT2D eigenvalue weighted by molar-refractivity contribution is 0.0955. The van der Waals surface area contributed by atoms with Gasteiger partial charge in [0, 0.05) is 11.1 Å². The third kappa shape index (κ3) is 6.33. The fourth-order valence-corrected chi connectivity index (χ4v) is 3.98. The maximum Gasteiger partial charge on any atom is 0.271 e. The summed E-state index contributed by atoms with van der Waals surface area (Å²) in [6, 6.07) is 20.8. The minimum atomic E-state index is -3.48. The Labute approximate surface area is 193 Å². The summed E-state index contributed by atoms with van der Waals surface area (Å²) in [5, 5.41) is 4.00. The zero-order valence-corrected chi connectivity index (χ0v) is 19.4. The van der Waals surface area contributed by atoms with Crippen molar-refractivity contribution in [2.24, 2.45) is 5.10 Å². The minimum absolute atomic E-state index is 0.151. The number of methoxy groups -OCH3 is 2. The molecule has 0 aromatic heterocycles. The molecule has 172 valence electrons. The quantitative estimate of drug-likeness (QED) is 0.384. The van der Waals surface area contributed by atoms with Gasteiger partial charge in [0.1, 0.15) is 11.5 Å². The van der Waals surface area contributed by atoms with Gasteiger partial charge >= 0.3 is 0 Å². The number of ether oxygens (including phenoxy) is 2. The molecule has 0 aliphatic carbocycles.